The number of halogens is 1. The van der Waals surface area contributed by atoms with Crippen LogP contribution in [0, 0.1) is 34.6 Å². The van der Waals surface area contributed by atoms with E-state index in [4.69, 9.17) is 0 Å². The quantitative estimate of drug-likeness (QED) is 0.628. The van der Waals surface area contributed by atoms with Gasteiger partial charge in [0.25, 0.3) is 0 Å². The van der Waals surface area contributed by atoms with Crippen molar-refractivity contribution in [3.8, 4) is 16.8 Å². The summed E-state index contributed by atoms with van der Waals surface area (Å²) in [6, 6.07) is 13.4. The second-order valence-corrected chi connectivity index (χ2v) is 7.14. The minimum absolute atomic E-state index is 0. The van der Waals surface area contributed by atoms with Gasteiger partial charge in [0, 0.05) is 12.5 Å². The molecule has 1 nitrogen and oxygen atoms in total. The van der Waals surface area contributed by atoms with Crippen LogP contribution < -0.4 is 17.0 Å². The van der Waals surface area contributed by atoms with Crippen LogP contribution in [-0.4, -0.2) is 0 Å². The summed E-state index contributed by atoms with van der Waals surface area (Å²) in [4.78, 5) is 1.37. The van der Waals surface area contributed by atoms with Crippen LogP contribution in [0.4, 0.5) is 0 Å². The van der Waals surface area contributed by atoms with Gasteiger partial charge in [0.15, 0.2) is 5.69 Å². The molecule has 0 spiro atoms. The number of para-hydroxylation sites is 1. The Morgan fingerprint density at radius 3 is 2.09 bits per heavy atom. The smallest absolute Gasteiger partial charge is 0.231 e. The molecule has 0 N–H and O–H groups in total. The van der Waals surface area contributed by atoms with E-state index in [2.05, 4.69) is 81.1 Å². The lowest BCUT2D eigenvalue weighted by atomic mass is 9.97. The highest BCUT2D eigenvalue weighted by Gasteiger charge is 2.22. The number of hydrogen-bond acceptors (Lipinski definition) is 1. The molecule has 3 heteroatoms. The van der Waals surface area contributed by atoms with Crippen LogP contribution in [0.2, 0.25) is 0 Å². The Kier molecular flexibility index (Phi) is 5.28. The Bertz CT molecular complexity index is 829. The van der Waals surface area contributed by atoms with Gasteiger partial charge in [0.2, 0.25) is 11.2 Å². The first kappa shape index (κ1) is 17.7. The normalized spacial score (nSPS) is 10.5. The zero-order valence-electron chi connectivity index (χ0n) is 14.3. The number of nitrogens with zero attached hydrogens (tertiary/aromatic N) is 1. The number of thiazole rings is 1. The summed E-state index contributed by atoms with van der Waals surface area (Å²) < 4.78 is 2.34. The standard InChI is InChI=1S/C20H22NS.ClH/c1-13-9-14(2)11-18(10-13)19-8-6-7-15(3)20(19)21-12-22-17(5)16(21)4;/h6-12H,1-5H3;1H/q+1;/p-1. The van der Waals surface area contributed by atoms with Gasteiger partial charge in [-0.15, -0.1) is 0 Å². The van der Waals surface area contributed by atoms with Crippen LogP contribution >= 0.6 is 11.3 Å². The summed E-state index contributed by atoms with van der Waals surface area (Å²) in [6.07, 6.45) is 0. The minimum atomic E-state index is 0. The van der Waals surface area contributed by atoms with Crippen LogP contribution in [0.5, 0.6) is 0 Å². The molecule has 0 aliphatic heterocycles. The van der Waals surface area contributed by atoms with Crippen molar-refractivity contribution in [2.24, 2.45) is 0 Å². The first-order valence-corrected chi connectivity index (χ1v) is 8.50. The summed E-state index contributed by atoms with van der Waals surface area (Å²) in [7, 11) is 0. The zero-order valence-corrected chi connectivity index (χ0v) is 15.8. The summed E-state index contributed by atoms with van der Waals surface area (Å²) in [5.74, 6) is 0. The molecule has 0 bridgehead atoms. The number of benzene rings is 2. The molecule has 0 unspecified atom stereocenters. The summed E-state index contributed by atoms with van der Waals surface area (Å²) in [5.41, 5.74) is 11.4. The van der Waals surface area contributed by atoms with E-state index in [-0.39, 0.29) is 12.4 Å². The lowest BCUT2D eigenvalue weighted by Crippen LogP contribution is -3.00. The first-order valence-electron chi connectivity index (χ1n) is 7.62. The lowest BCUT2D eigenvalue weighted by molar-refractivity contribution is -0.597. The fraction of sp³-hybridized carbons (Fsp3) is 0.250. The van der Waals surface area contributed by atoms with Crippen molar-refractivity contribution in [2.45, 2.75) is 34.6 Å². The third-order valence-corrected chi connectivity index (χ3v) is 5.18. The van der Waals surface area contributed by atoms with Crippen LogP contribution in [0.15, 0.2) is 41.9 Å². The molecule has 23 heavy (non-hydrogen) atoms. The molecule has 1 aromatic heterocycles. The van der Waals surface area contributed by atoms with E-state index in [0.29, 0.717) is 0 Å². The van der Waals surface area contributed by atoms with Gasteiger partial charge >= 0.3 is 0 Å². The second kappa shape index (κ2) is 6.86. The Labute approximate surface area is 149 Å². The molecule has 0 radical (unpaired) electrons. The monoisotopic (exact) mass is 343 g/mol. The van der Waals surface area contributed by atoms with Crippen molar-refractivity contribution in [1.29, 1.82) is 0 Å². The van der Waals surface area contributed by atoms with Crippen LogP contribution in [0.25, 0.3) is 16.8 Å². The average Bonchev–Trinajstić information content (AvgIpc) is 2.78. The summed E-state index contributed by atoms with van der Waals surface area (Å²) in [5, 5.41) is 0. The van der Waals surface area contributed by atoms with Gasteiger partial charge < -0.3 is 12.4 Å². The van der Waals surface area contributed by atoms with Crippen molar-refractivity contribution in [2.75, 3.05) is 0 Å². The molecule has 0 atom stereocenters. The lowest BCUT2D eigenvalue weighted by Gasteiger charge is -2.09. The molecular weight excluding hydrogens is 322 g/mol. The van der Waals surface area contributed by atoms with Crippen molar-refractivity contribution in [1.82, 2.24) is 0 Å². The molecular formula is C20H22ClNS. The molecule has 120 valence electrons. The first-order chi connectivity index (χ1) is 10.5. The van der Waals surface area contributed by atoms with Gasteiger partial charge in [-0.1, -0.05) is 52.8 Å². The Balaban J connectivity index is 0.00000192. The van der Waals surface area contributed by atoms with Gasteiger partial charge in [-0.3, -0.25) is 0 Å². The summed E-state index contributed by atoms with van der Waals surface area (Å²) >= 11 is 1.81. The average molecular weight is 344 g/mol. The van der Waals surface area contributed by atoms with Crippen molar-refractivity contribution in [3.63, 3.8) is 0 Å². The van der Waals surface area contributed by atoms with Crippen LogP contribution in [-0.2, 0) is 0 Å². The predicted octanol–water partition coefficient (Wildman–Crippen LogP) is 2.24. The van der Waals surface area contributed by atoms with Gasteiger partial charge in [0.1, 0.15) is 0 Å². The third kappa shape index (κ3) is 3.34. The minimum Gasteiger partial charge on any atom is -1.00 e. The van der Waals surface area contributed by atoms with E-state index in [0.717, 1.165) is 0 Å². The van der Waals surface area contributed by atoms with E-state index in [1.807, 2.05) is 11.3 Å². The number of aromatic nitrogens is 1. The SMILES string of the molecule is Cc1cc(C)cc(-c2cccc(C)c2-[n+]2csc(C)c2C)c1.[Cl-]. The van der Waals surface area contributed by atoms with Crippen LogP contribution in [0.3, 0.4) is 0 Å². The van der Waals surface area contributed by atoms with E-state index in [1.54, 1.807) is 0 Å². The topological polar surface area (TPSA) is 3.88 Å². The Morgan fingerprint density at radius 2 is 1.52 bits per heavy atom. The highest BCUT2D eigenvalue weighted by molar-refractivity contribution is 7.09. The van der Waals surface area contributed by atoms with Gasteiger partial charge in [0.05, 0.1) is 10.4 Å². The molecule has 3 aromatic rings. The van der Waals surface area contributed by atoms with Gasteiger partial charge in [-0.25, -0.2) is 0 Å². The number of hydrogen-bond donors (Lipinski definition) is 0. The van der Waals surface area contributed by atoms with E-state index < -0.39 is 0 Å². The summed E-state index contributed by atoms with van der Waals surface area (Å²) in [6.45, 7) is 10.9. The fourth-order valence-corrected chi connectivity index (χ4v) is 3.82. The molecule has 0 saturated heterocycles. The second-order valence-electron chi connectivity index (χ2n) is 6.08. The fourth-order valence-electron chi connectivity index (χ4n) is 3.03. The molecule has 0 amide bonds. The maximum absolute atomic E-state index is 2.34. The molecule has 0 saturated carbocycles. The third-order valence-electron chi connectivity index (χ3n) is 4.22. The molecule has 1 heterocycles. The van der Waals surface area contributed by atoms with Crippen molar-refractivity contribution >= 4 is 11.3 Å². The Hall–Kier alpha value is -1.64. The van der Waals surface area contributed by atoms with Gasteiger partial charge in [-0.05, 0) is 39.3 Å². The number of rotatable bonds is 2. The van der Waals surface area contributed by atoms with Crippen molar-refractivity contribution in [3.05, 3.63) is 69.2 Å². The highest BCUT2D eigenvalue weighted by Crippen LogP contribution is 2.29. The molecule has 0 aliphatic carbocycles. The maximum atomic E-state index is 2.34. The zero-order chi connectivity index (χ0) is 15.9. The van der Waals surface area contributed by atoms with Gasteiger partial charge in [-0.2, -0.15) is 4.57 Å². The van der Waals surface area contributed by atoms with E-state index in [1.165, 1.54) is 44.1 Å². The molecule has 3 rings (SSSR count). The Morgan fingerprint density at radius 1 is 0.870 bits per heavy atom. The van der Waals surface area contributed by atoms with E-state index >= 15 is 0 Å². The molecule has 0 aliphatic rings. The molecule has 0 fully saturated rings. The largest absolute Gasteiger partial charge is 1.00 e. The predicted molar refractivity (Wildman–Crippen MR) is 95.0 cm³/mol. The number of aryl methyl sites for hydroxylation is 4. The van der Waals surface area contributed by atoms with E-state index in [9.17, 15) is 0 Å². The van der Waals surface area contributed by atoms with Crippen molar-refractivity contribution < 1.29 is 17.0 Å². The molecule has 2 aromatic carbocycles. The van der Waals surface area contributed by atoms with Crippen LogP contribution in [0.1, 0.15) is 27.3 Å². The maximum Gasteiger partial charge on any atom is 0.231 e. The highest BCUT2D eigenvalue weighted by atomic mass is 35.5.